The van der Waals surface area contributed by atoms with Crippen LogP contribution in [0, 0.1) is 13.8 Å². The van der Waals surface area contributed by atoms with Crippen molar-refractivity contribution in [1.82, 2.24) is 15.1 Å². The predicted molar refractivity (Wildman–Crippen MR) is 110 cm³/mol. The van der Waals surface area contributed by atoms with Gasteiger partial charge in [0.15, 0.2) is 5.69 Å². The normalized spacial score (nSPS) is 15.3. The molecule has 1 amide bonds. The van der Waals surface area contributed by atoms with E-state index in [4.69, 9.17) is 0 Å². The summed E-state index contributed by atoms with van der Waals surface area (Å²) in [5.74, 6) is -0.192. The molecule has 1 aromatic heterocycles. The second kappa shape index (κ2) is 7.04. The maximum atomic E-state index is 12.8. The summed E-state index contributed by atoms with van der Waals surface area (Å²) in [4.78, 5) is 17.5. The van der Waals surface area contributed by atoms with Crippen molar-refractivity contribution in [3.05, 3.63) is 53.2 Å². The maximum Gasteiger partial charge on any atom is 0.276 e. The number of likely N-dealkylation sites (N-methyl/N-ethyl adjacent to an activating group) is 1. The first-order valence-electron chi connectivity index (χ1n) is 9.31. The van der Waals surface area contributed by atoms with Gasteiger partial charge in [-0.25, -0.2) is 0 Å². The number of hydrogen-bond acceptors (Lipinski definition) is 4. The number of H-pyrrole nitrogens is 1. The molecule has 0 bridgehead atoms. The molecule has 140 valence electrons. The highest BCUT2D eigenvalue weighted by Gasteiger charge is 2.17. The predicted octanol–water partition coefficient (Wildman–Crippen LogP) is 3.18. The van der Waals surface area contributed by atoms with Crippen molar-refractivity contribution in [3.63, 3.8) is 0 Å². The number of hydrogen-bond donors (Lipinski definition) is 2. The molecular weight excluding hydrogens is 338 g/mol. The Hall–Kier alpha value is -2.86. The molecule has 2 aromatic carbocycles. The number of nitrogens with one attached hydrogen (secondary N) is 2. The summed E-state index contributed by atoms with van der Waals surface area (Å²) in [5.41, 5.74) is 5.48. The van der Waals surface area contributed by atoms with Crippen LogP contribution in [0.2, 0.25) is 0 Å². The Morgan fingerprint density at radius 1 is 1.07 bits per heavy atom. The number of anilines is 2. The van der Waals surface area contributed by atoms with Gasteiger partial charge in [0.1, 0.15) is 0 Å². The van der Waals surface area contributed by atoms with E-state index in [0.717, 1.165) is 53.9 Å². The number of aromatic amines is 1. The van der Waals surface area contributed by atoms with E-state index in [2.05, 4.69) is 44.5 Å². The van der Waals surface area contributed by atoms with Crippen molar-refractivity contribution in [2.45, 2.75) is 13.8 Å². The fourth-order valence-corrected chi connectivity index (χ4v) is 3.53. The van der Waals surface area contributed by atoms with Crippen LogP contribution in [0.1, 0.15) is 21.6 Å². The molecule has 1 fully saturated rings. The van der Waals surface area contributed by atoms with Gasteiger partial charge in [-0.1, -0.05) is 11.6 Å². The van der Waals surface area contributed by atoms with Crippen molar-refractivity contribution in [2.75, 3.05) is 43.4 Å². The van der Waals surface area contributed by atoms with Gasteiger partial charge in [-0.2, -0.15) is 5.10 Å². The second-order valence-corrected chi connectivity index (χ2v) is 7.36. The molecule has 0 unspecified atom stereocenters. The molecule has 0 aliphatic carbocycles. The fourth-order valence-electron chi connectivity index (χ4n) is 3.53. The summed E-state index contributed by atoms with van der Waals surface area (Å²) in [6.45, 7) is 8.24. The number of aryl methyl sites for hydroxylation is 2. The zero-order valence-corrected chi connectivity index (χ0v) is 16.0. The monoisotopic (exact) mass is 363 g/mol. The van der Waals surface area contributed by atoms with Crippen molar-refractivity contribution >= 4 is 28.2 Å². The number of piperazine rings is 1. The van der Waals surface area contributed by atoms with Crippen molar-refractivity contribution < 1.29 is 4.79 Å². The van der Waals surface area contributed by atoms with Crippen LogP contribution >= 0.6 is 0 Å². The Kier molecular flexibility index (Phi) is 4.58. The van der Waals surface area contributed by atoms with Crippen molar-refractivity contribution in [2.24, 2.45) is 0 Å². The van der Waals surface area contributed by atoms with Gasteiger partial charge in [-0.05, 0) is 56.8 Å². The molecule has 6 nitrogen and oxygen atoms in total. The Morgan fingerprint density at radius 3 is 2.59 bits per heavy atom. The van der Waals surface area contributed by atoms with E-state index < -0.39 is 0 Å². The third kappa shape index (κ3) is 3.53. The second-order valence-electron chi connectivity index (χ2n) is 7.36. The maximum absolute atomic E-state index is 12.8. The summed E-state index contributed by atoms with van der Waals surface area (Å²) in [7, 11) is 2.15. The largest absolute Gasteiger partial charge is 0.369 e. The molecule has 6 heteroatoms. The number of benzene rings is 2. The molecule has 4 rings (SSSR count). The van der Waals surface area contributed by atoms with Gasteiger partial charge < -0.3 is 15.1 Å². The first-order valence-corrected chi connectivity index (χ1v) is 9.31. The van der Waals surface area contributed by atoms with Gasteiger partial charge in [0.25, 0.3) is 5.91 Å². The molecule has 0 saturated carbocycles. The fraction of sp³-hybridized carbons (Fsp3) is 0.333. The molecule has 0 atom stereocenters. The van der Waals surface area contributed by atoms with E-state index in [1.165, 1.54) is 5.69 Å². The third-order valence-corrected chi connectivity index (χ3v) is 5.26. The molecule has 1 aliphatic rings. The van der Waals surface area contributed by atoms with E-state index in [1.54, 1.807) is 0 Å². The highest BCUT2D eigenvalue weighted by Crippen LogP contribution is 2.25. The zero-order valence-electron chi connectivity index (χ0n) is 16.0. The van der Waals surface area contributed by atoms with Gasteiger partial charge >= 0.3 is 0 Å². The van der Waals surface area contributed by atoms with Crippen LogP contribution in [-0.4, -0.2) is 54.2 Å². The van der Waals surface area contributed by atoms with Crippen LogP contribution in [0.3, 0.4) is 0 Å². The van der Waals surface area contributed by atoms with Gasteiger partial charge in [0.2, 0.25) is 0 Å². The van der Waals surface area contributed by atoms with Crippen LogP contribution in [0.15, 0.2) is 36.4 Å². The van der Waals surface area contributed by atoms with E-state index in [0.29, 0.717) is 5.69 Å². The minimum atomic E-state index is -0.192. The topological polar surface area (TPSA) is 64.3 Å². The average molecular weight is 363 g/mol. The molecule has 1 saturated heterocycles. The van der Waals surface area contributed by atoms with Crippen LogP contribution in [0.25, 0.3) is 10.9 Å². The average Bonchev–Trinajstić information content (AvgIpc) is 3.07. The minimum Gasteiger partial charge on any atom is -0.369 e. The van der Waals surface area contributed by atoms with Crippen LogP contribution < -0.4 is 10.2 Å². The zero-order chi connectivity index (χ0) is 19.0. The summed E-state index contributed by atoms with van der Waals surface area (Å²) in [6, 6.07) is 12.2. The lowest BCUT2D eigenvalue weighted by molar-refractivity contribution is 0.102. The Balaban J connectivity index is 1.53. The SMILES string of the molecule is Cc1ccc2[nH]nc(C(=O)Nc3ccc(N4CCN(C)CC4)cc3C)c2c1. The third-order valence-electron chi connectivity index (χ3n) is 5.26. The van der Waals surface area contributed by atoms with Crippen LogP contribution in [-0.2, 0) is 0 Å². The lowest BCUT2D eigenvalue weighted by Crippen LogP contribution is -2.44. The molecule has 3 aromatic rings. The number of rotatable bonds is 3. The van der Waals surface area contributed by atoms with Crippen molar-refractivity contribution in [3.8, 4) is 0 Å². The summed E-state index contributed by atoms with van der Waals surface area (Å²) in [6.07, 6.45) is 0. The van der Waals surface area contributed by atoms with Gasteiger partial charge in [-0.15, -0.1) is 0 Å². The van der Waals surface area contributed by atoms with Crippen molar-refractivity contribution in [1.29, 1.82) is 0 Å². The Labute approximate surface area is 159 Å². The standard InChI is InChI=1S/C21H25N5O/c1-14-4-6-19-17(12-14)20(24-23-19)21(27)22-18-7-5-16(13-15(18)2)26-10-8-25(3)9-11-26/h4-7,12-13H,8-11H2,1-3H3,(H,22,27)(H,23,24). The quantitative estimate of drug-likeness (QED) is 0.750. The smallest absolute Gasteiger partial charge is 0.276 e. The highest BCUT2D eigenvalue weighted by molar-refractivity contribution is 6.11. The highest BCUT2D eigenvalue weighted by atomic mass is 16.1. The first-order chi connectivity index (χ1) is 13.0. The lowest BCUT2D eigenvalue weighted by Gasteiger charge is -2.34. The lowest BCUT2D eigenvalue weighted by atomic mass is 10.1. The number of nitrogens with zero attached hydrogens (tertiary/aromatic N) is 3. The summed E-state index contributed by atoms with van der Waals surface area (Å²) < 4.78 is 0. The summed E-state index contributed by atoms with van der Waals surface area (Å²) >= 11 is 0. The van der Waals surface area contributed by atoms with Gasteiger partial charge in [-0.3, -0.25) is 9.89 Å². The molecule has 2 N–H and O–H groups in total. The van der Waals surface area contributed by atoms with Gasteiger partial charge in [0.05, 0.1) is 5.52 Å². The Bertz CT molecular complexity index is 985. The number of aromatic nitrogens is 2. The van der Waals surface area contributed by atoms with E-state index in [-0.39, 0.29) is 5.91 Å². The van der Waals surface area contributed by atoms with Crippen LogP contribution in [0.5, 0.6) is 0 Å². The number of carbonyl (C=O) groups excluding carboxylic acids is 1. The summed E-state index contributed by atoms with van der Waals surface area (Å²) in [5, 5.41) is 11.0. The van der Waals surface area contributed by atoms with E-state index in [9.17, 15) is 4.79 Å². The molecule has 0 spiro atoms. The molecule has 0 radical (unpaired) electrons. The molecule has 27 heavy (non-hydrogen) atoms. The number of amides is 1. The number of fused-ring (bicyclic) bond motifs is 1. The molecular formula is C21H25N5O. The van der Waals surface area contributed by atoms with E-state index in [1.807, 2.05) is 38.1 Å². The van der Waals surface area contributed by atoms with E-state index >= 15 is 0 Å². The van der Waals surface area contributed by atoms with Crippen LogP contribution in [0.4, 0.5) is 11.4 Å². The molecule has 2 heterocycles. The minimum absolute atomic E-state index is 0.192. The molecule has 1 aliphatic heterocycles. The van der Waals surface area contributed by atoms with Gasteiger partial charge in [0, 0.05) is 42.9 Å². The number of carbonyl (C=O) groups is 1. The first kappa shape index (κ1) is 17.5. The Morgan fingerprint density at radius 2 is 1.85 bits per heavy atom.